The monoisotopic (exact) mass is 416 g/mol. The van der Waals surface area contributed by atoms with Gasteiger partial charge in [0.2, 0.25) is 5.91 Å². The van der Waals surface area contributed by atoms with Crippen molar-refractivity contribution in [2.75, 3.05) is 26.9 Å². The number of unbranched alkanes of at least 4 members (excludes halogenated alkanes) is 1. The van der Waals surface area contributed by atoms with Gasteiger partial charge in [-0.25, -0.2) is 4.79 Å². The molecule has 0 aromatic heterocycles. The van der Waals surface area contributed by atoms with Crippen LogP contribution in [0.4, 0.5) is 13.2 Å². The molecule has 160 valence electrons. The molecule has 0 radical (unpaired) electrons. The molecule has 0 aliphatic heterocycles. The standard InChI is InChI=1S/C19H23F3N2O5/c1-28-12-3-2-4-16(14-5-7-15(8-6-14)19(20,21)22)24-29-13-11-23-17(25)9-10-18(26)27/h5-10H,2-4,11-13H2,1H3,(H,23,25)(H,26,27). The van der Waals surface area contributed by atoms with E-state index in [9.17, 15) is 22.8 Å². The smallest absolute Gasteiger partial charge is 0.416 e. The van der Waals surface area contributed by atoms with Crippen molar-refractivity contribution >= 4 is 17.6 Å². The highest BCUT2D eigenvalue weighted by molar-refractivity contribution is 6.00. The van der Waals surface area contributed by atoms with E-state index in [-0.39, 0.29) is 13.2 Å². The van der Waals surface area contributed by atoms with E-state index in [0.717, 1.165) is 24.6 Å². The van der Waals surface area contributed by atoms with Crippen LogP contribution in [0.2, 0.25) is 0 Å². The van der Waals surface area contributed by atoms with Gasteiger partial charge in [0.15, 0.2) is 0 Å². The van der Waals surface area contributed by atoms with Crippen LogP contribution in [0.1, 0.15) is 30.4 Å². The largest absolute Gasteiger partial charge is 0.478 e. The van der Waals surface area contributed by atoms with Crippen molar-refractivity contribution in [3.63, 3.8) is 0 Å². The quantitative estimate of drug-likeness (QED) is 0.236. The Morgan fingerprint density at radius 1 is 1.14 bits per heavy atom. The Bertz CT molecular complexity index is 716. The normalized spacial score (nSPS) is 12.2. The zero-order chi connectivity index (χ0) is 21.7. The summed E-state index contributed by atoms with van der Waals surface area (Å²) in [4.78, 5) is 26.8. The summed E-state index contributed by atoms with van der Waals surface area (Å²) < 4.78 is 43.1. The average molecular weight is 416 g/mol. The van der Waals surface area contributed by atoms with Gasteiger partial charge in [0.1, 0.15) is 6.61 Å². The summed E-state index contributed by atoms with van der Waals surface area (Å²) in [7, 11) is 1.58. The second kappa shape index (κ2) is 12.6. The topological polar surface area (TPSA) is 97.2 Å². The van der Waals surface area contributed by atoms with E-state index in [1.54, 1.807) is 7.11 Å². The molecule has 0 spiro atoms. The van der Waals surface area contributed by atoms with Crippen molar-refractivity contribution in [2.24, 2.45) is 5.16 Å². The third-order valence-electron chi connectivity index (χ3n) is 3.60. The summed E-state index contributed by atoms with van der Waals surface area (Å²) in [6, 6.07) is 4.63. The molecule has 1 aromatic rings. The number of carboxylic acid groups (broad SMARTS) is 1. The van der Waals surface area contributed by atoms with Gasteiger partial charge in [0.25, 0.3) is 0 Å². The van der Waals surface area contributed by atoms with Crippen molar-refractivity contribution in [3.8, 4) is 0 Å². The van der Waals surface area contributed by atoms with Crippen molar-refractivity contribution in [3.05, 3.63) is 47.5 Å². The summed E-state index contributed by atoms with van der Waals surface area (Å²) in [5.41, 5.74) is 0.230. The fourth-order valence-electron chi connectivity index (χ4n) is 2.18. The SMILES string of the molecule is COCCCCC(=NOCCNC(=O)C=CC(=O)O)c1ccc(C(F)(F)F)cc1. The average Bonchev–Trinajstić information content (AvgIpc) is 2.67. The first-order valence-corrected chi connectivity index (χ1v) is 8.78. The van der Waals surface area contributed by atoms with Crippen molar-refractivity contribution in [2.45, 2.75) is 25.4 Å². The number of hydrogen-bond acceptors (Lipinski definition) is 5. The van der Waals surface area contributed by atoms with Gasteiger partial charge in [-0.3, -0.25) is 4.79 Å². The molecule has 29 heavy (non-hydrogen) atoms. The van der Waals surface area contributed by atoms with E-state index < -0.39 is 23.6 Å². The van der Waals surface area contributed by atoms with Gasteiger partial charge in [0.05, 0.1) is 17.8 Å². The van der Waals surface area contributed by atoms with Crippen LogP contribution in [0, 0.1) is 0 Å². The van der Waals surface area contributed by atoms with Crippen LogP contribution >= 0.6 is 0 Å². The lowest BCUT2D eigenvalue weighted by Crippen LogP contribution is -2.25. The Hall–Kier alpha value is -2.88. The van der Waals surface area contributed by atoms with E-state index in [2.05, 4.69) is 10.5 Å². The number of nitrogens with zero attached hydrogens (tertiary/aromatic N) is 1. The van der Waals surface area contributed by atoms with Gasteiger partial charge in [-0.2, -0.15) is 13.2 Å². The van der Waals surface area contributed by atoms with Crippen LogP contribution in [0.25, 0.3) is 0 Å². The van der Waals surface area contributed by atoms with Crippen molar-refractivity contribution < 1.29 is 37.4 Å². The summed E-state index contributed by atoms with van der Waals surface area (Å²) in [5.74, 6) is -1.84. The van der Waals surface area contributed by atoms with E-state index in [4.69, 9.17) is 14.7 Å². The molecule has 1 rings (SSSR count). The van der Waals surface area contributed by atoms with Crippen LogP contribution < -0.4 is 5.32 Å². The molecule has 0 saturated heterocycles. The summed E-state index contributed by atoms with van der Waals surface area (Å²) >= 11 is 0. The first kappa shape index (κ1) is 24.2. The molecule has 0 aliphatic rings. The molecular formula is C19H23F3N2O5. The zero-order valence-electron chi connectivity index (χ0n) is 15.9. The zero-order valence-corrected chi connectivity index (χ0v) is 15.9. The lowest BCUT2D eigenvalue weighted by atomic mass is 10.0. The number of carbonyl (C=O) groups is 2. The minimum absolute atomic E-state index is 0.00879. The van der Waals surface area contributed by atoms with E-state index in [0.29, 0.717) is 36.8 Å². The summed E-state index contributed by atoms with van der Waals surface area (Å²) in [6.07, 6.45) is -0.914. The number of ether oxygens (including phenoxy) is 1. The molecule has 0 fully saturated rings. The highest BCUT2D eigenvalue weighted by Gasteiger charge is 2.30. The van der Waals surface area contributed by atoms with Gasteiger partial charge < -0.3 is 20.0 Å². The molecule has 7 nitrogen and oxygen atoms in total. The second-order valence-corrected chi connectivity index (χ2v) is 5.86. The number of alkyl halides is 3. The van der Waals surface area contributed by atoms with Crippen LogP contribution in [0.5, 0.6) is 0 Å². The minimum atomic E-state index is -4.42. The van der Waals surface area contributed by atoms with Crippen LogP contribution in [-0.2, 0) is 25.3 Å². The number of carbonyl (C=O) groups excluding carboxylic acids is 1. The first-order chi connectivity index (χ1) is 13.7. The molecule has 0 aliphatic carbocycles. The lowest BCUT2D eigenvalue weighted by molar-refractivity contribution is -0.137. The number of carboxylic acids is 1. The number of methoxy groups -OCH3 is 1. The predicted octanol–water partition coefficient (Wildman–Crippen LogP) is 3.00. The Labute approximate surface area is 166 Å². The molecule has 10 heteroatoms. The third-order valence-corrected chi connectivity index (χ3v) is 3.60. The summed E-state index contributed by atoms with van der Waals surface area (Å²) in [5, 5.41) is 14.8. The van der Waals surface area contributed by atoms with Crippen LogP contribution in [-0.4, -0.2) is 49.6 Å². The molecule has 0 unspecified atom stereocenters. The maximum atomic E-state index is 12.7. The highest BCUT2D eigenvalue weighted by Crippen LogP contribution is 2.29. The Morgan fingerprint density at radius 2 is 1.83 bits per heavy atom. The molecule has 0 heterocycles. The Balaban J connectivity index is 2.66. The van der Waals surface area contributed by atoms with Crippen LogP contribution in [0.3, 0.4) is 0 Å². The third kappa shape index (κ3) is 10.3. The maximum Gasteiger partial charge on any atom is 0.416 e. The Kier molecular flexibility index (Phi) is 10.5. The number of oxime groups is 1. The second-order valence-electron chi connectivity index (χ2n) is 5.86. The molecule has 1 amide bonds. The van der Waals surface area contributed by atoms with Gasteiger partial charge in [0, 0.05) is 25.9 Å². The van der Waals surface area contributed by atoms with Gasteiger partial charge in [-0.1, -0.05) is 17.3 Å². The number of rotatable bonds is 12. The number of halogens is 3. The van der Waals surface area contributed by atoms with Crippen molar-refractivity contribution in [1.82, 2.24) is 5.32 Å². The number of aliphatic carboxylic acids is 1. The maximum absolute atomic E-state index is 12.7. The Morgan fingerprint density at radius 3 is 2.41 bits per heavy atom. The van der Waals surface area contributed by atoms with Crippen LogP contribution in [0.15, 0.2) is 41.6 Å². The number of benzene rings is 1. The highest BCUT2D eigenvalue weighted by atomic mass is 19.4. The minimum Gasteiger partial charge on any atom is -0.478 e. The van der Waals surface area contributed by atoms with E-state index in [1.807, 2.05) is 0 Å². The van der Waals surface area contributed by atoms with Crippen molar-refractivity contribution in [1.29, 1.82) is 0 Å². The number of nitrogens with one attached hydrogen (secondary N) is 1. The molecule has 2 N–H and O–H groups in total. The summed E-state index contributed by atoms with van der Waals surface area (Å²) in [6.45, 7) is 0.641. The van der Waals surface area contributed by atoms with Gasteiger partial charge in [-0.15, -0.1) is 0 Å². The molecule has 0 saturated carbocycles. The number of hydrogen-bond donors (Lipinski definition) is 2. The first-order valence-electron chi connectivity index (χ1n) is 8.78. The fourth-order valence-corrected chi connectivity index (χ4v) is 2.18. The molecule has 0 atom stereocenters. The molecule has 0 bridgehead atoms. The van der Waals surface area contributed by atoms with E-state index in [1.165, 1.54) is 12.1 Å². The van der Waals surface area contributed by atoms with Gasteiger partial charge >= 0.3 is 12.1 Å². The molecule has 1 aromatic carbocycles. The predicted molar refractivity (Wildman–Crippen MR) is 99.4 cm³/mol. The van der Waals surface area contributed by atoms with E-state index >= 15 is 0 Å². The fraction of sp³-hybridized carbons (Fsp3) is 0.421. The van der Waals surface area contributed by atoms with Gasteiger partial charge in [-0.05, 0) is 37.0 Å². The number of amides is 1. The lowest BCUT2D eigenvalue weighted by Gasteiger charge is -2.10. The molecular weight excluding hydrogens is 393 g/mol.